The summed E-state index contributed by atoms with van der Waals surface area (Å²) in [6.07, 6.45) is 7.90. The molecule has 2 N–H and O–H groups in total. The molecule has 1 fully saturated rings. The van der Waals surface area contributed by atoms with Crippen molar-refractivity contribution < 1.29 is 17.5 Å². The van der Waals surface area contributed by atoms with E-state index in [-0.39, 0.29) is 4.90 Å². The number of ether oxygens (including phenoxy) is 1. The molecule has 0 amide bonds. The summed E-state index contributed by atoms with van der Waals surface area (Å²) in [4.78, 5) is 2.21. The molecule has 194 valence electrons. The van der Waals surface area contributed by atoms with E-state index >= 15 is 0 Å². The van der Waals surface area contributed by atoms with Crippen LogP contribution in [-0.2, 0) is 10.0 Å². The minimum atomic E-state index is -3.57. The summed E-state index contributed by atoms with van der Waals surface area (Å²) in [5.74, 6) is 0.752. The summed E-state index contributed by atoms with van der Waals surface area (Å²) in [5, 5.41) is 0. The summed E-state index contributed by atoms with van der Waals surface area (Å²) >= 11 is 0. The van der Waals surface area contributed by atoms with Crippen molar-refractivity contribution in [3.8, 4) is 5.75 Å². The maximum Gasteiger partial charge on any atom is 0.243 e. The molecule has 0 atom stereocenters. The van der Waals surface area contributed by atoms with Crippen LogP contribution in [0.4, 0.5) is 10.1 Å². The van der Waals surface area contributed by atoms with Crippen LogP contribution in [0.3, 0.4) is 0 Å². The van der Waals surface area contributed by atoms with Crippen molar-refractivity contribution in [2.24, 2.45) is 0 Å². The number of sulfonamides is 1. The number of methoxy groups -OCH3 is 1. The van der Waals surface area contributed by atoms with Crippen molar-refractivity contribution in [1.29, 1.82) is 0 Å². The van der Waals surface area contributed by atoms with Crippen LogP contribution < -0.4 is 10.5 Å². The first kappa shape index (κ1) is 26.6. The van der Waals surface area contributed by atoms with Gasteiger partial charge in [0.1, 0.15) is 12.4 Å². The number of piperazine rings is 1. The summed E-state index contributed by atoms with van der Waals surface area (Å²) < 4.78 is 45.6. The molecule has 3 aromatic carbocycles. The number of halogens is 1. The maximum atomic E-state index is 13.0. The maximum absolute atomic E-state index is 13.0. The minimum absolute atomic E-state index is 0.266. The number of nitrogen functional groups attached to an aromatic ring is 1. The van der Waals surface area contributed by atoms with Crippen LogP contribution in [0.2, 0.25) is 0 Å². The Bertz CT molecular complexity index is 1350. The SMILES string of the molecule is COc1cc(/C=C/c2ccc(S(=O)(=O)N3CCN(CCF)CC3)cc2)ccc1/C=C/c1ccc(N)cc1. The van der Waals surface area contributed by atoms with E-state index in [0.717, 1.165) is 33.7 Å². The van der Waals surface area contributed by atoms with Gasteiger partial charge in [0.15, 0.2) is 0 Å². The topological polar surface area (TPSA) is 75.9 Å². The summed E-state index contributed by atoms with van der Waals surface area (Å²) in [5.41, 5.74) is 10.3. The van der Waals surface area contributed by atoms with Gasteiger partial charge in [0.25, 0.3) is 0 Å². The van der Waals surface area contributed by atoms with Crippen molar-refractivity contribution >= 4 is 40.0 Å². The number of rotatable bonds is 9. The molecule has 0 aromatic heterocycles. The zero-order valence-corrected chi connectivity index (χ0v) is 21.7. The summed E-state index contributed by atoms with van der Waals surface area (Å²) in [7, 11) is -1.92. The Kier molecular flexibility index (Phi) is 8.76. The largest absolute Gasteiger partial charge is 0.496 e. The van der Waals surface area contributed by atoms with Crippen molar-refractivity contribution in [1.82, 2.24) is 9.21 Å². The molecule has 0 radical (unpaired) electrons. The molecule has 37 heavy (non-hydrogen) atoms. The lowest BCUT2D eigenvalue weighted by Gasteiger charge is -2.33. The van der Waals surface area contributed by atoms with Gasteiger partial charge >= 0.3 is 0 Å². The van der Waals surface area contributed by atoms with E-state index in [2.05, 4.69) is 0 Å². The first-order valence-electron chi connectivity index (χ1n) is 12.2. The Morgan fingerprint density at radius 3 is 2.03 bits per heavy atom. The van der Waals surface area contributed by atoms with Crippen LogP contribution >= 0.6 is 0 Å². The van der Waals surface area contributed by atoms with Crippen LogP contribution in [0.5, 0.6) is 5.75 Å². The number of nitrogens with zero attached hydrogens (tertiary/aromatic N) is 2. The van der Waals surface area contributed by atoms with Gasteiger partial charge in [-0.25, -0.2) is 12.8 Å². The number of nitrogens with two attached hydrogens (primary N) is 1. The fourth-order valence-electron chi connectivity index (χ4n) is 4.17. The smallest absolute Gasteiger partial charge is 0.243 e. The molecule has 8 heteroatoms. The van der Waals surface area contributed by atoms with Crippen molar-refractivity contribution in [2.45, 2.75) is 4.90 Å². The lowest BCUT2D eigenvalue weighted by Crippen LogP contribution is -2.49. The summed E-state index contributed by atoms with van der Waals surface area (Å²) in [6, 6.07) is 20.5. The molecule has 6 nitrogen and oxygen atoms in total. The number of alkyl halides is 1. The van der Waals surface area contributed by atoms with Gasteiger partial charge in [-0.2, -0.15) is 4.31 Å². The van der Waals surface area contributed by atoms with Crippen LogP contribution in [-0.4, -0.2) is 64.1 Å². The molecule has 1 heterocycles. The van der Waals surface area contributed by atoms with Crippen molar-refractivity contribution in [3.05, 3.63) is 89.0 Å². The molecule has 0 saturated carbocycles. The fourth-order valence-corrected chi connectivity index (χ4v) is 5.59. The lowest BCUT2D eigenvalue weighted by atomic mass is 10.1. The molecule has 0 bridgehead atoms. The van der Waals surface area contributed by atoms with E-state index in [1.165, 1.54) is 4.31 Å². The zero-order valence-electron chi connectivity index (χ0n) is 20.9. The minimum Gasteiger partial charge on any atom is -0.496 e. The highest BCUT2D eigenvalue weighted by molar-refractivity contribution is 7.89. The molecular weight excluding hydrogens is 489 g/mol. The van der Waals surface area contributed by atoms with Crippen LogP contribution in [0.15, 0.2) is 71.6 Å². The van der Waals surface area contributed by atoms with Crippen molar-refractivity contribution in [3.63, 3.8) is 0 Å². The van der Waals surface area contributed by atoms with E-state index in [0.29, 0.717) is 32.7 Å². The molecule has 0 spiro atoms. The third-order valence-corrected chi connectivity index (χ3v) is 8.28. The van der Waals surface area contributed by atoms with E-state index in [9.17, 15) is 12.8 Å². The molecule has 1 aliphatic heterocycles. The van der Waals surface area contributed by atoms with E-state index in [1.807, 2.05) is 71.7 Å². The number of hydrogen-bond donors (Lipinski definition) is 1. The molecule has 0 aliphatic carbocycles. The second-order valence-electron chi connectivity index (χ2n) is 8.84. The quantitative estimate of drug-likeness (QED) is 0.320. The highest BCUT2D eigenvalue weighted by Gasteiger charge is 2.28. The summed E-state index contributed by atoms with van der Waals surface area (Å²) in [6.45, 7) is 1.77. The zero-order chi connectivity index (χ0) is 26.3. The second-order valence-corrected chi connectivity index (χ2v) is 10.8. The molecule has 1 saturated heterocycles. The standard InChI is InChI=1S/C29H32FN3O3S/c1-36-29-22-25(5-11-26(29)10-4-24-6-12-27(31)13-7-24)3-2-23-8-14-28(15-9-23)37(34,35)33-20-18-32(17-16-30)19-21-33/h2-15,22H,16-21,31H2,1H3/b3-2+,10-4+. The predicted molar refractivity (Wildman–Crippen MR) is 149 cm³/mol. The average Bonchev–Trinajstić information content (AvgIpc) is 2.92. The van der Waals surface area contributed by atoms with E-state index < -0.39 is 16.7 Å². The van der Waals surface area contributed by atoms with Gasteiger partial charge in [0.2, 0.25) is 10.0 Å². The van der Waals surface area contributed by atoms with Gasteiger partial charge in [-0.3, -0.25) is 4.90 Å². The number of benzene rings is 3. The second kappa shape index (κ2) is 12.2. The monoisotopic (exact) mass is 521 g/mol. The molecule has 1 aliphatic rings. The van der Waals surface area contributed by atoms with Gasteiger partial charge in [-0.15, -0.1) is 0 Å². The number of anilines is 1. The first-order valence-corrected chi connectivity index (χ1v) is 13.6. The van der Waals surface area contributed by atoms with Gasteiger partial charge in [0.05, 0.1) is 12.0 Å². The third-order valence-electron chi connectivity index (χ3n) is 6.37. The van der Waals surface area contributed by atoms with Gasteiger partial charge in [-0.1, -0.05) is 60.7 Å². The molecular formula is C29H32FN3O3S. The Morgan fingerprint density at radius 1 is 0.838 bits per heavy atom. The van der Waals surface area contributed by atoms with Gasteiger partial charge in [0, 0.05) is 44.0 Å². The van der Waals surface area contributed by atoms with Crippen LogP contribution in [0.25, 0.3) is 24.3 Å². The van der Waals surface area contributed by atoms with E-state index in [1.54, 1.807) is 31.4 Å². The fraction of sp³-hybridized carbons (Fsp3) is 0.241. The number of hydrogen-bond acceptors (Lipinski definition) is 5. The Labute approximate surface area is 218 Å². The average molecular weight is 522 g/mol. The Morgan fingerprint density at radius 2 is 1.41 bits per heavy atom. The highest BCUT2D eigenvalue weighted by Crippen LogP contribution is 2.25. The lowest BCUT2D eigenvalue weighted by molar-refractivity contribution is 0.177. The highest BCUT2D eigenvalue weighted by atomic mass is 32.2. The predicted octanol–water partition coefficient (Wildman–Crippen LogP) is 4.89. The van der Waals surface area contributed by atoms with Crippen molar-refractivity contribution in [2.75, 3.05) is 52.2 Å². The van der Waals surface area contributed by atoms with E-state index in [4.69, 9.17) is 10.5 Å². The first-order chi connectivity index (χ1) is 17.9. The van der Waals surface area contributed by atoms with Crippen LogP contribution in [0.1, 0.15) is 22.3 Å². The Hall–Kier alpha value is -3.46. The molecule has 3 aromatic rings. The Balaban J connectivity index is 1.42. The molecule has 4 rings (SSSR count). The van der Waals surface area contributed by atoms with Gasteiger partial charge in [-0.05, 0) is 47.0 Å². The third kappa shape index (κ3) is 6.85. The molecule has 0 unspecified atom stereocenters. The van der Waals surface area contributed by atoms with Gasteiger partial charge < -0.3 is 10.5 Å². The van der Waals surface area contributed by atoms with Crippen LogP contribution in [0, 0.1) is 0 Å². The normalized spacial score (nSPS) is 15.5.